The first-order chi connectivity index (χ1) is 9.90. The molecule has 0 saturated carbocycles. The third-order valence-corrected chi connectivity index (χ3v) is 5.18. The van der Waals surface area contributed by atoms with E-state index in [2.05, 4.69) is 16.0 Å². The molecule has 0 amide bonds. The molecule has 0 unspecified atom stereocenters. The van der Waals surface area contributed by atoms with Gasteiger partial charge in [0.15, 0.2) is 0 Å². The lowest BCUT2D eigenvalue weighted by Crippen LogP contribution is -2.39. The number of pyridine rings is 1. The van der Waals surface area contributed by atoms with E-state index in [9.17, 15) is 8.42 Å². The van der Waals surface area contributed by atoms with Crippen molar-refractivity contribution in [3.63, 3.8) is 0 Å². The predicted octanol–water partition coefficient (Wildman–Crippen LogP) is 1.06. The standard InChI is InChI=1S/C14H20N4O2S/c1-17(21(2,19)20)11-12-5-7-18(8-6-12)14-4-3-13(9-15)10-16-14/h3-4,10,12H,5-8,11H2,1-2H3. The molecule has 1 fully saturated rings. The maximum atomic E-state index is 11.4. The molecule has 21 heavy (non-hydrogen) atoms. The molecule has 0 N–H and O–H groups in total. The molecule has 2 heterocycles. The van der Waals surface area contributed by atoms with E-state index >= 15 is 0 Å². The molecule has 0 aromatic carbocycles. The van der Waals surface area contributed by atoms with Gasteiger partial charge in [-0.1, -0.05) is 0 Å². The van der Waals surface area contributed by atoms with Crippen LogP contribution in [0.2, 0.25) is 0 Å². The minimum absolute atomic E-state index is 0.388. The van der Waals surface area contributed by atoms with Gasteiger partial charge < -0.3 is 4.90 Å². The van der Waals surface area contributed by atoms with Crippen molar-refractivity contribution < 1.29 is 8.42 Å². The minimum Gasteiger partial charge on any atom is -0.357 e. The monoisotopic (exact) mass is 308 g/mol. The van der Waals surface area contributed by atoms with Crippen molar-refractivity contribution in [2.75, 3.05) is 37.8 Å². The largest absolute Gasteiger partial charge is 0.357 e. The fourth-order valence-corrected chi connectivity index (χ4v) is 2.96. The zero-order chi connectivity index (χ0) is 15.5. The summed E-state index contributed by atoms with van der Waals surface area (Å²) >= 11 is 0. The van der Waals surface area contributed by atoms with E-state index < -0.39 is 10.0 Å². The highest BCUT2D eigenvalue weighted by atomic mass is 32.2. The Balaban J connectivity index is 1.89. The molecule has 0 spiro atoms. The van der Waals surface area contributed by atoms with Crippen molar-refractivity contribution in [1.29, 1.82) is 5.26 Å². The zero-order valence-corrected chi connectivity index (χ0v) is 13.2. The lowest BCUT2D eigenvalue weighted by molar-refractivity contribution is 0.328. The van der Waals surface area contributed by atoms with Crippen LogP contribution in [0.15, 0.2) is 18.3 Å². The molecule has 1 aliphatic rings. The van der Waals surface area contributed by atoms with Gasteiger partial charge in [0.05, 0.1) is 11.8 Å². The van der Waals surface area contributed by atoms with Crippen molar-refractivity contribution in [3.05, 3.63) is 23.9 Å². The molecule has 0 atom stereocenters. The molecule has 2 rings (SSSR count). The van der Waals surface area contributed by atoms with E-state index in [0.29, 0.717) is 18.0 Å². The average Bonchev–Trinajstić information content (AvgIpc) is 2.47. The summed E-state index contributed by atoms with van der Waals surface area (Å²) in [6.45, 7) is 2.30. The second-order valence-corrected chi connectivity index (χ2v) is 7.58. The Bertz CT molecular complexity index is 613. The summed E-state index contributed by atoms with van der Waals surface area (Å²) in [6, 6.07) is 5.69. The molecule has 7 heteroatoms. The van der Waals surface area contributed by atoms with Crippen LogP contribution in [-0.4, -0.2) is 50.6 Å². The number of nitrogens with zero attached hydrogens (tertiary/aromatic N) is 4. The Morgan fingerprint density at radius 2 is 2.10 bits per heavy atom. The fourth-order valence-electron chi connectivity index (χ4n) is 2.48. The predicted molar refractivity (Wildman–Crippen MR) is 81.4 cm³/mol. The quantitative estimate of drug-likeness (QED) is 0.831. The topological polar surface area (TPSA) is 77.3 Å². The second-order valence-electron chi connectivity index (χ2n) is 5.49. The first-order valence-corrected chi connectivity index (χ1v) is 8.77. The van der Waals surface area contributed by atoms with Crippen molar-refractivity contribution in [2.45, 2.75) is 12.8 Å². The molecule has 114 valence electrons. The minimum atomic E-state index is -3.10. The summed E-state index contributed by atoms with van der Waals surface area (Å²) in [5.74, 6) is 1.27. The molecule has 1 aromatic heterocycles. The molecule has 0 bridgehead atoms. The van der Waals surface area contributed by atoms with Gasteiger partial charge in [0.1, 0.15) is 11.9 Å². The van der Waals surface area contributed by atoms with Crippen molar-refractivity contribution in [3.8, 4) is 6.07 Å². The van der Waals surface area contributed by atoms with Gasteiger partial charge >= 0.3 is 0 Å². The summed E-state index contributed by atoms with van der Waals surface area (Å²) in [5.41, 5.74) is 0.559. The summed E-state index contributed by atoms with van der Waals surface area (Å²) in [5, 5.41) is 8.77. The Labute approximate surface area is 126 Å². The number of aromatic nitrogens is 1. The van der Waals surface area contributed by atoms with Gasteiger partial charge in [0.2, 0.25) is 10.0 Å². The molecule has 1 aromatic rings. The average molecular weight is 308 g/mol. The summed E-state index contributed by atoms with van der Waals surface area (Å²) in [6.07, 6.45) is 4.71. The Morgan fingerprint density at radius 3 is 2.57 bits per heavy atom. The van der Waals surface area contributed by atoms with Crippen molar-refractivity contribution in [2.24, 2.45) is 5.92 Å². The van der Waals surface area contributed by atoms with Gasteiger partial charge in [-0.05, 0) is 30.9 Å². The summed E-state index contributed by atoms with van der Waals surface area (Å²) < 4.78 is 24.3. The molecule has 0 radical (unpaired) electrons. The molecular formula is C14H20N4O2S. The Kier molecular flexibility index (Phi) is 4.80. The van der Waals surface area contributed by atoms with Gasteiger partial charge in [-0.3, -0.25) is 0 Å². The van der Waals surface area contributed by atoms with Gasteiger partial charge in [0, 0.05) is 32.9 Å². The molecule has 1 aliphatic heterocycles. The van der Waals surface area contributed by atoms with Crippen LogP contribution in [0, 0.1) is 17.2 Å². The Hall–Kier alpha value is -1.65. The third kappa shape index (κ3) is 4.16. The van der Waals surface area contributed by atoms with E-state index in [0.717, 1.165) is 31.7 Å². The van der Waals surface area contributed by atoms with Crippen LogP contribution in [0.5, 0.6) is 0 Å². The maximum absolute atomic E-state index is 11.4. The number of hydrogen-bond acceptors (Lipinski definition) is 5. The molecule has 6 nitrogen and oxygen atoms in total. The summed E-state index contributed by atoms with van der Waals surface area (Å²) in [4.78, 5) is 6.47. The highest BCUT2D eigenvalue weighted by molar-refractivity contribution is 7.88. The number of piperidine rings is 1. The zero-order valence-electron chi connectivity index (χ0n) is 12.4. The molecular weight excluding hydrogens is 288 g/mol. The van der Waals surface area contributed by atoms with E-state index in [1.165, 1.54) is 10.6 Å². The van der Waals surface area contributed by atoms with Gasteiger partial charge in [-0.25, -0.2) is 17.7 Å². The van der Waals surface area contributed by atoms with E-state index in [1.54, 1.807) is 19.3 Å². The van der Waals surface area contributed by atoms with Crippen LogP contribution in [0.3, 0.4) is 0 Å². The van der Waals surface area contributed by atoms with Crippen molar-refractivity contribution >= 4 is 15.8 Å². The van der Waals surface area contributed by atoms with E-state index in [4.69, 9.17) is 5.26 Å². The van der Waals surface area contributed by atoms with Crippen LogP contribution in [0.25, 0.3) is 0 Å². The van der Waals surface area contributed by atoms with E-state index in [-0.39, 0.29) is 0 Å². The maximum Gasteiger partial charge on any atom is 0.210 e. The van der Waals surface area contributed by atoms with Crippen molar-refractivity contribution in [1.82, 2.24) is 9.29 Å². The van der Waals surface area contributed by atoms with Crippen LogP contribution >= 0.6 is 0 Å². The number of hydrogen-bond donors (Lipinski definition) is 0. The number of anilines is 1. The second kappa shape index (κ2) is 6.41. The van der Waals surface area contributed by atoms with Gasteiger partial charge in [0.25, 0.3) is 0 Å². The van der Waals surface area contributed by atoms with Gasteiger partial charge in [-0.15, -0.1) is 0 Å². The number of nitriles is 1. The SMILES string of the molecule is CN(CC1CCN(c2ccc(C#N)cn2)CC1)S(C)(=O)=O. The first-order valence-electron chi connectivity index (χ1n) is 6.92. The highest BCUT2D eigenvalue weighted by Crippen LogP contribution is 2.22. The molecule has 1 saturated heterocycles. The fraction of sp³-hybridized carbons (Fsp3) is 0.571. The number of rotatable bonds is 4. The smallest absolute Gasteiger partial charge is 0.210 e. The van der Waals surface area contributed by atoms with Gasteiger partial charge in [-0.2, -0.15) is 5.26 Å². The van der Waals surface area contributed by atoms with E-state index in [1.807, 2.05) is 6.07 Å². The lowest BCUT2D eigenvalue weighted by Gasteiger charge is -2.34. The highest BCUT2D eigenvalue weighted by Gasteiger charge is 2.23. The first kappa shape index (κ1) is 15.7. The molecule has 0 aliphatic carbocycles. The van der Waals surface area contributed by atoms with Crippen LogP contribution in [0.4, 0.5) is 5.82 Å². The van der Waals surface area contributed by atoms with Crippen LogP contribution < -0.4 is 4.90 Å². The summed E-state index contributed by atoms with van der Waals surface area (Å²) in [7, 11) is -1.47. The normalized spacial score (nSPS) is 17.0. The number of sulfonamides is 1. The Morgan fingerprint density at radius 1 is 1.43 bits per heavy atom. The van der Waals surface area contributed by atoms with Crippen LogP contribution in [0.1, 0.15) is 18.4 Å². The third-order valence-electron chi connectivity index (χ3n) is 3.90. The van der Waals surface area contributed by atoms with Crippen LogP contribution in [-0.2, 0) is 10.0 Å². The lowest BCUT2D eigenvalue weighted by atomic mass is 9.97.